The first-order valence-electron chi connectivity index (χ1n) is 5.59. The lowest BCUT2D eigenvalue weighted by molar-refractivity contribution is -0.0989. The highest BCUT2D eigenvalue weighted by Crippen LogP contribution is 2.39. The van der Waals surface area contributed by atoms with E-state index in [1.807, 2.05) is 12.1 Å². The van der Waals surface area contributed by atoms with Gasteiger partial charge in [-0.05, 0) is 17.7 Å². The van der Waals surface area contributed by atoms with Crippen LogP contribution in [0, 0.1) is 0 Å². The average Bonchev–Trinajstić information content (AvgIpc) is 2.83. The Hall–Kier alpha value is -1.01. The van der Waals surface area contributed by atoms with Crippen LogP contribution in [-0.2, 0) is 16.0 Å². The molecule has 0 fully saturated rings. The van der Waals surface area contributed by atoms with Gasteiger partial charge in [0.2, 0.25) is 6.79 Å². The van der Waals surface area contributed by atoms with Gasteiger partial charge in [-0.15, -0.1) is 0 Å². The number of benzene rings is 1. The molecule has 1 aliphatic heterocycles. The highest BCUT2D eigenvalue weighted by atomic mass is 35.5. The minimum absolute atomic E-state index is 0.224. The number of hydrogen-bond donors (Lipinski definition) is 1. The maximum atomic E-state index is 6.09. The van der Waals surface area contributed by atoms with Crippen LogP contribution >= 0.6 is 11.6 Å². The molecule has 0 unspecified atom stereocenters. The Morgan fingerprint density at radius 3 is 2.83 bits per heavy atom. The summed E-state index contributed by atoms with van der Waals surface area (Å²) in [5.74, 6) is 1.31. The second-order valence-electron chi connectivity index (χ2n) is 3.84. The van der Waals surface area contributed by atoms with Crippen LogP contribution in [0.5, 0.6) is 11.5 Å². The Balaban J connectivity index is 1.92. The summed E-state index contributed by atoms with van der Waals surface area (Å²) in [6, 6.07) is 3.77. The molecule has 1 aromatic rings. The van der Waals surface area contributed by atoms with Crippen LogP contribution in [0.3, 0.4) is 0 Å². The molecular weight excluding hydrogens is 258 g/mol. The van der Waals surface area contributed by atoms with Crippen molar-refractivity contribution < 1.29 is 18.9 Å². The van der Waals surface area contributed by atoms with Gasteiger partial charge in [-0.25, -0.2) is 0 Å². The zero-order valence-corrected chi connectivity index (χ0v) is 11.1. The number of methoxy groups -OCH3 is 2. The molecule has 1 heterocycles. The maximum Gasteiger partial charge on any atom is 0.231 e. The monoisotopic (exact) mass is 273 g/mol. The summed E-state index contributed by atoms with van der Waals surface area (Å²) in [5, 5.41) is 3.78. The topological polar surface area (TPSA) is 49.0 Å². The molecule has 0 atom stereocenters. The normalized spacial score (nSPS) is 13.3. The quantitative estimate of drug-likeness (QED) is 0.801. The lowest BCUT2D eigenvalue weighted by atomic mass is 10.2. The van der Waals surface area contributed by atoms with E-state index in [1.165, 1.54) is 0 Å². The summed E-state index contributed by atoms with van der Waals surface area (Å²) in [6.45, 7) is 1.47. The predicted molar refractivity (Wildman–Crippen MR) is 67.1 cm³/mol. The lowest BCUT2D eigenvalue weighted by Gasteiger charge is -2.14. The van der Waals surface area contributed by atoms with E-state index < -0.39 is 0 Å². The Labute approximate surface area is 111 Å². The molecule has 0 amide bonds. The highest BCUT2D eigenvalue weighted by molar-refractivity contribution is 6.32. The fourth-order valence-electron chi connectivity index (χ4n) is 1.72. The molecule has 18 heavy (non-hydrogen) atoms. The van der Waals surface area contributed by atoms with E-state index in [0.717, 1.165) is 5.56 Å². The first kappa shape index (κ1) is 13.4. The van der Waals surface area contributed by atoms with E-state index in [1.54, 1.807) is 14.2 Å². The molecule has 0 radical (unpaired) electrons. The molecule has 1 aromatic carbocycles. The van der Waals surface area contributed by atoms with Crippen LogP contribution in [0.1, 0.15) is 5.56 Å². The van der Waals surface area contributed by atoms with E-state index in [2.05, 4.69) is 5.32 Å². The van der Waals surface area contributed by atoms with Gasteiger partial charge >= 0.3 is 0 Å². The predicted octanol–water partition coefficient (Wildman–Crippen LogP) is 1.78. The van der Waals surface area contributed by atoms with E-state index in [0.29, 0.717) is 29.6 Å². The van der Waals surface area contributed by atoms with Crippen LogP contribution in [0.15, 0.2) is 12.1 Å². The summed E-state index contributed by atoms with van der Waals surface area (Å²) in [4.78, 5) is 0. The zero-order chi connectivity index (χ0) is 13.0. The Morgan fingerprint density at radius 1 is 1.33 bits per heavy atom. The van der Waals surface area contributed by atoms with E-state index >= 15 is 0 Å². The molecule has 0 aromatic heterocycles. The largest absolute Gasteiger partial charge is 0.454 e. The third-order valence-corrected chi connectivity index (χ3v) is 2.93. The Bertz CT molecular complexity index is 409. The maximum absolute atomic E-state index is 6.09. The number of fused-ring (bicyclic) bond motifs is 1. The van der Waals surface area contributed by atoms with E-state index in [4.69, 9.17) is 30.5 Å². The molecule has 1 N–H and O–H groups in total. The van der Waals surface area contributed by atoms with Crippen LogP contribution < -0.4 is 14.8 Å². The van der Waals surface area contributed by atoms with Gasteiger partial charge in [0.15, 0.2) is 17.8 Å². The summed E-state index contributed by atoms with van der Waals surface area (Å²) < 4.78 is 20.7. The third-order valence-electron chi connectivity index (χ3n) is 2.65. The van der Waals surface area contributed by atoms with E-state index in [9.17, 15) is 0 Å². The van der Waals surface area contributed by atoms with Crippen molar-refractivity contribution >= 4 is 11.6 Å². The Morgan fingerprint density at radius 2 is 2.11 bits per heavy atom. The van der Waals surface area contributed by atoms with Crippen LogP contribution in [0.25, 0.3) is 0 Å². The zero-order valence-electron chi connectivity index (χ0n) is 10.4. The second kappa shape index (κ2) is 6.24. The number of ether oxygens (including phenoxy) is 4. The molecule has 5 nitrogen and oxygen atoms in total. The van der Waals surface area contributed by atoms with Gasteiger partial charge in [0, 0.05) is 27.3 Å². The minimum Gasteiger partial charge on any atom is -0.454 e. The van der Waals surface area contributed by atoms with Crippen molar-refractivity contribution in [3.8, 4) is 11.5 Å². The molecule has 0 spiro atoms. The standard InChI is InChI=1S/C12H16ClNO4/c1-15-11(16-2)6-14-5-8-3-9(13)12-10(4-8)17-7-18-12/h3-4,11,14H,5-7H2,1-2H3. The van der Waals surface area contributed by atoms with Gasteiger partial charge in [-0.3, -0.25) is 0 Å². The second-order valence-corrected chi connectivity index (χ2v) is 4.25. The van der Waals surface area contributed by atoms with Crippen molar-refractivity contribution in [1.29, 1.82) is 0 Å². The average molecular weight is 274 g/mol. The van der Waals surface area contributed by atoms with Crippen molar-refractivity contribution in [2.75, 3.05) is 27.6 Å². The summed E-state index contributed by atoms with van der Waals surface area (Å²) >= 11 is 6.09. The van der Waals surface area contributed by atoms with Crippen LogP contribution in [-0.4, -0.2) is 33.8 Å². The highest BCUT2D eigenvalue weighted by Gasteiger charge is 2.18. The van der Waals surface area contributed by atoms with E-state index in [-0.39, 0.29) is 13.1 Å². The van der Waals surface area contributed by atoms with Crippen molar-refractivity contribution in [3.63, 3.8) is 0 Å². The third kappa shape index (κ3) is 3.05. The summed E-state index contributed by atoms with van der Waals surface area (Å²) in [6.07, 6.45) is -0.255. The minimum atomic E-state index is -0.255. The molecule has 0 saturated carbocycles. The van der Waals surface area contributed by atoms with Crippen molar-refractivity contribution in [1.82, 2.24) is 5.32 Å². The number of nitrogens with one attached hydrogen (secondary N) is 1. The number of halogens is 1. The first-order chi connectivity index (χ1) is 8.74. The SMILES string of the molecule is COC(CNCc1cc(Cl)c2c(c1)OCO2)OC. The molecule has 2 rings (SSSR count). The number of rotatable bonds is 6. The van der Waals surface area contributed by atoms with Crippen molar-refractivity contribution in [2.24, 2.45) is 0 Å². The fraction of sp³-hybridized carbons (Fsp3) is 0.500. The van der Waals surface area contributed by atoms with Crippen molar-refractivity contribution in [2.45, 2.75) is 12.8 Å². The first-order valence-corrected chi connectivity index (χ1v) is 5.96. The van der Waals surface area contributed by atoms with Gasteiger partial charge in [-0.2, -0.15) is 0 Å². The van der Waals surface area contributed by atoms with Gasteiger partial charge in [-0.1, -0.05) is 11.6 Å². The molecule has 0 bridgehead atoms. The van der Waals surface area contributed by atoms with Crippen molar-refractivity contribution in [3.05, 3.63) is 22.7 Å². The number of hydrogen-bond acceptors (Lipinski definition) is 5. The van der Waals surface area contributed by atoms with Crippen LogP contribution in [0.2, 0.25) is 5.02 Å². The summed E-state index contributed by atoms with van der Waals surface area (Å²) in [7, 11) is 3.21. The van der Waals surface area contributed by atoms with Gasteiger partial charge in [0.05, 0.1) is 5.02 Å². The lowest BCUT2D eigenvalue weighted by Crippen LogP contribution is -2.29. The van der Waals surface area contributed by atoms with Crippen LogP contribution in [0.4, 0.5) is 0 Å². The molecular formula is C12H16ClNO4. The molecule has 0 saturated heterocycles. The van der Waals surface area contributed by atoms with Gasteiger partial charge < -0.3 is 24.3 Å². The smallest absolute Gasteiger partial charge is 0.231 e. The molecule has 0 aliphatic carbocycles. The van der Waals surface area contributed by atoms with Gasteiger partial charge in [0.25, 0.3) is 0 Å². The molecule has 100 valence electrons. The molecule has 6 heteroatoms. The molecule has 1 aliphatic rings. The summed E-state index contributed by atoms with van der Waals surface area (Å²) in [5.41, 5.74) is 1.02. The fourth-order valence-corrected chi connectivity index (χ4v) is 2.01. The Kier molecular flexibility index (Phi) is 4.66. The van der Waals surface area contributed by atoms with Gasteiger partial charge in [0.1, 0.15) is 0 Å².